The number of nitro benzene ring substituents is 1. The highest BCUT2D eigenvalue weighted by Crippen LogP contribution is 2.27. The molecule has 23 heavy (non-hydrogen) atoms. The van der Waals surface area contributed by atoms with Crippen LogP contribution in [-0.2, 0) is 4.79 Å². The SMILES string of the molecule is Cc1cc(OCC(=O)Oc2cc(F)ccc2[N+](=O)[O-])ccc1Cl. The van der Waals surface area contributed by atoms with Gasteiger partial charge in [0.1, 0.15) is 11.6 Å². The molecule has 0 saturated carbocycles. The Bertz CT molecular complexity index is 766. The van der Waals surface area contributed by atoms with E-state index in [1.165, 1.54) is 0 Å². The molecule has 8 heteroatoms. The number of ether oxygens (including phenoxy) is 2. The maximum atomic E-state index is 13.1. The summed E-state index contributed by atoms with van der Waals surface area (Å²) in [7, 11) is 0. The van der Waals surface area contributed by atoms with Gasteiger partial charge in [-0.1, -0.05) is 11.6 Å². The second-order valence-electron chi connectivity index (χ2n) is 4.54. The summed E-state index contributed by atoms with van der Waals surface area (Å²) >= 11 is 5.87. The number of hydrogen-bond donors (Lipinski definition) is 0. The van der Waals surface area contributed by atoms with Crippen molar-refractivity contribution in [1.82, 2.24) is 0 Å². The van der Waals surface area contributed by atoms with E-state index < -0.39 is 34.8 Å². The fourth-order valence-corrected chi connectivity index (χ4v) is 1.84. The van der Waals surface area contributed by atoms with Crippen molar-refractivity contribution in [2.45, 2.75) is 6.92 Å². The van der Waals surface area contributed by atoms with Crippen molar-refractivity contribution in [1.29, 1.82) is 0 Å². The lowest BCUT2D eigenvalue weighted by atomic mass is 10.2. The molecule has 0 amide bonds. The van der Waals surface area contributed by atoms with Crippen molar-refractivity contribution in [3.05, 3.63) is 62.9 Å². The number of rotatable bonds is 5. The summed E-state index contributed by atoms with van der Waals surface area (Å²) in [6.45, 7) is 1.28. The topological polar surface area (TPSA) is 78.7 Å². The molecule has 0 unspecified atom stereocenters. The summed E-state index contributed by atoms with van der Waals surface area (Å²) in [6.07, 6.45) is 0. The molecule has 0 fully saturated rings. The third kappa shape index (κ3) is 4.40. The molecule has 0 aromatic heterocycles. The minimum atomic E-state index is -0.897. The lowest BCUT2D eigenvalue weighted by Gasteiger charge is -2.08. The van der Waals surface area contributed by atoms with Crippen LogP contribution < -0.4 is 9.47 Å². The summed E-state index contributed by atoms with van der Waals surface area (Å²) in [5, 5.41) is 11.4. The molecule has 0 bridgehead atoms. The molecule has 0 aliphatic carbocycles. The third-order valence-corrected chi connectivity index (χ3v) is 3.25. The fourth-order valence-electron chi connectivity index (χ4n) is 1.72. The highest BCUT2D eigenvalue weighted by atomic mass is 35.5. The van der Waals surface area contributed by atoms with E-state index in [4.69, 9.17) is 21.1 Å². The van der Waals surface area contributed by atoms with Gasteiger partial charge in [0, 0.05) is 17.2 Å². The van der Waals surface area contributed by atoms with Gasteiger partial charge in [0.2, 0.25) is 5.75 Å². The number of aryl methyl sites for hydroxylation is 1. The van der Waals surface area contributed by atoms with Crippen LogP contribution in [0.3, 0.4) is 0 Å². The quantitative estimate of drug-likeness (QED) is 0.359. The van der Waals surface area contributed by atoms with E-state index in [1.807, 2.05) is 0 Å². The van der Waals surface area contributed by atoms with E-state index in [2.05, 4.69) is 0 Å². The van der Waals surface area contributed by atoms with Gasteiger partial charge in [-0.15, -0.1) is 0 Å². The van der Waals surface area contributed by atoms with Crippen LogP contribution in [0, 0.1) is 22.9 Å². The lowest BCUT2D eigenvalue weighted by Crippen LogP contribution is -2.18. The average Bonchev–Trinajstić information content (AvgIpc) is 2.48. The van der Waals surface area contributed by atoms with E-state index in [1.54, 1.807) is 25.1 Å². The maximum Gasteiger partial charge on any atom is 0.349 e. The number of carbonyl (C=O) groups excluding carboxylic acids is 1. The monoisotopic (exact) mass is 339 g/mol. The third-order valence-electron chi connectivity index (χ3n) is 2.83. The van der Waals surface area contributed by atoms with Crippen molar-refractivity contribution in [3.8, 4) is 11.5 Å². The lowest BCUT2D eigenvalue weighted by molar-refractivity contribution is -0.385. The first-order chi connectivity index (χ1) is 10.9. The molecule has 0 spiro atoms. The van der Waals surface area contributed by atoms with E-state index in [9.17, 15) is 19.3 Å². The van der Waals surface area contributed by atoms with Gasteiger partial charge in [0.25, 0.3) is 0 Å². The minimum absolute atomic E-state index is 0.387. The summed E-state index contributed by atoms with van der Waals surface area (Å²) in [5.74, 6) is -1.74. The van der Waals surface area contributed by atoms with Gasteiger partial charge in [-0.25, -0.2) is 9.18 Å². The Morgan fingerprint density at radius 3 is 2.70 bits per heavy atom. The second-order valence-corrected chi connectivity index (χ2v) is 4.95. The minimum Gasteiger partial charge on any atom is -0.482 e. The maximum absolute atomic E-state index is 13.1. The molecular formula is C15H11ClFNO5. The molecule has 0 heterocycles. The van der Waals surface area contributed by atoms with Crippen molar-refractivity contribution in [3.63, 3.8) is 0 Å². The van der Waals surface area contributed by atoms with Crippen LogP contribution in [0.25, 0.3) is 0 Å². The van der Waals surface area contributed by atoms with Crippen molar-refractivity contribution >= 4 is 23.3 Å². The van der Waals surface area contributed by atoms with Crippen LogP contribution in [0.5, 0.6) is 11.5 Å². The van der Waals surface area contributed by atoms with E-state index >= 15 is 0 Å². The predicted octanol–water partition coefficient (Wildman–Crippen LogP) is 3.68. The number of esters is 1. The van der Waals surface area contributed by atoms with Gasteiger partial charge in [-0.2, -0.15) is 0 Å². The zero-order valence-electron chi connectivity index (χ0n) is 11.9. The molecule has 0 aliphatic rings. The number of halogens is 2. The highest BCUT2D eigenvalue weighted by Gasteiger charge is 2.19. The number of benzene rings is 2. The van der Waals surface area contributed by atoms with Crippen LogP contribution in [-0.4, -0.2) is 17.5 Å². The summed E-state index contributed by atoms with van der Waals surface area (Å²) < 4.78 is 23.1. The summed E-state index contributed by atoms with van der Waals surface area (Å²) in [6, 6.07) is 7.38. The molecule has 0 N–H and O–H groups in total. The Morgan fingerprint density at radius 1 is 1.30 bits per heavy atom. The van der Waals surface area contributed by atoms with Gasteiger partial charge in [0.15, 0.2) is 6.61 Å². The van der Waals surface area contributed by atoms with Crippen molar-refractivity contribution in [2.24, 2.45) is 0 Å². The first-order valence-corrected chi connectivity index (χ1v) is 6.78. The van der Waals surface area contributed by atoms with Crippen molar-refractivity contribution in [2.75, 3.05) is 6.61 Å². The zero-order valence-corrected chi connectivity index (χ0v) is 12.7. The molecular weight excluding hydrogens is 329 g/mol. The van der Waals surface area contributed by atoms with Crippen LogP contribution in [0.4, 0.5) is 10.1 Å². The molecule has 6 nitrogen and oxygen atoms in total. The van der Waals surface area contributed by atoms with Gasteiger partial charge in [-0.05, 0) is 36.8 Å². The smallest absolute Gasteiger partial charge is 0.349 e. The first kappa shape index (κ1) is 16.7. The Morgan fingerprint density at radius 2 is 2.04 bits per heavy atom. The van der Waals surface area contributed by atoms with Crippen LogP contribution in [0.15, 0.2) is 36.4 Å². The van der Waals surface area contributed by atoms with Gasteiger partial charge in [0.05, 0.1) is 4.92 Å². The van der Waals surface area contributed by atoms with Gasteiger partial charge in [-0.3, -0.25) is 10.1 Å². The van der Waals surface area contributed by atoms with E-state index in [-0.39, 0.29) is 0 Å². The highest BCUT2D eigenvalue weighted by molar-refractivity contribution is 6.31. The molecule has 120 valence electrons. The van der Waals surface area contributed by atoms with Gasteiger partial charge >= 0.3 is 11.7 Å². The standard InChI is InChI=1S/C15H11ClFNO5/c1-9-6-11(3-4-12(9)16)22-8-15(19)23-14-7-10(17)2-5-13(14)18(20)21/h2-7H,8H2,1H3. The Hall–Kier alpha value is -2.67. The fraction of sp³-hybridized carbons (Fsp3) is 0.133. The van der Waals surface area contributed by atoms with Crippen LogP contribution in [0.1, 0.15) is 5.56 Å². The molecule has 2 rings (SSSR count). The number of nitrogens with zero attached hydrogens (tertiary/aromatic N) is 1. The van der Waals surface area contributed by atoms with Gasteiger partial charge < -0.3 is 9.47 Å². The Kier molecular flexibility index (Phi) is 5.13. The predicted molar refractivity (Wildman–Crippen MR) is 80.4 cm³/mol. The molecule has 0 saturated heterocycles. The first-order valence-electron chi connectivity index (χ1n) is 6.40. The largest absolute Gasteiger partial charge is 0.482 e. The van der Waals surface area contributed by atoms with Crippen LogP contribution >= 0.6 is 11.6 Å². The Labute approximate surface area is 135 Å². The molecule has 0 atom stereocenters. The summed E-state index contributed by atoms with van der Waals surface area (Å²) in [4.78, 5) is 21.7. The van der Waals surface area contributed by atoms with E-state index in [0.717, 1.165) is 23.8 Å². The number of carbonyl (C=O) groups is 1. The molecule has 0 radical (unpaired) electrons. The number of nitro groups is 1. The normalized spacial score (nSPS) is 10.2. The van der Waals surface area contributed by atoms with E-state index in [0.29, 0.717) is 10.8 Å². The number of hydrogen-bond acceptors (Lipinski definition) is 5. The summed E-state index contributed by atoms with van der Waals surface area (Å²) in [5.41, 5.74) is 0.250. The average molecular weight is 340 g/mol. The van der Waals surface area contributed by atoms with Crippen molar-refractivity contribution < 1.29 is 23.6 Å². The zero-order chi connectivity index (χ0) is 17.0. The second kappa shape index (κ2) is 7.06. The molecule has 2 aromatic rings. The molecule has 2 aromatic carbocycles. The Balaban J connectivity index is 2.03. The molecule has 0 aliphatic heterocycles. The van der Waals surface area contributed by atoms with Crippen LogP contribution in [0.2, 0.25) is 5.02 Å².